The highest BCUT2D eigenvalue weighted by Gasteiger charge is 2.48. The van der Waals surface area contributed by atoms with Gasteiger partial charge in [0.15, 0.2) is 0 Å². The summed E-state index contributed by atoms with van der Waals surface area (Å²) < 4.78 is 15.2. The fourth-order valence-electron chi connectivity index (χ4n) is 3.74. The van der Waals surface area contributed by atoms with Gasteiger partial charge in [0.2, 0.25) is 0 Å². The smallest absolute Gasteiger partial charge is 0.332 e. The molecule has 8 heteroatoms. The van der Waals surface area contributed by atoms with Crippen molar-refractivity contribution in [3.8, 4) is 0 Å². The summed E-state index contributed by atoms with van der Waals surface area (Å²) in [7, 11) is 1.79. The number of anilines is 1. The highest BCUT2D eigenvalue weighted by molar-refractivity contribution is 6.21. The Balaban J connectivity index is 1.50. The van der Waals surface area contributed by atoms with E-state index in [1.54, 1.807) is 29.9 Å². The zero-order chi connectivity index (χ0) is 19.1. The number of piperidine rings is 1. The molecule has 1 N–H and O–H groups in total. The lowest BCUT2D eigenvalue weighted by molar-refractivity contribution is -0.120. The molecule has 2 fully saturated rings. The Hall–Kier alpha value is -3.16. The zero-order valence-corrected chi connectivity index (χ0v) is 14.8. The summed E-state index contributed by atoms with van der Waals surface area (Å²) in [4.78, 5) is 40.4. The monoisotopic (exact) mass is 370 g/mol. The van der Waals surface area contributed by atoms with Crippen LogP contribution < -0.4 is 10.2 Å². The van der Waals surface area contributed by atoms with E-state index in [0.29, 0.717) is 25.1 Å². The van der Waals surface area contributed by atoms with Crippen molar-refractivity contribution in [3.05, 3.63) is 54.1 Å². The number of halogens is 1. The number of rotatable bonds is 3. The second kappa shape index (κ2) is 6.53. The minimum absolute atomic E-state index is 0.209. The van der Waals surface area contributed by atoms with Crippen LogP contribution in [0.5, 0.6) is 0 Å². The van der Waals surface area contributed by atoms with E-state index in [1.807, 2.05) is 0 Å². The molecule has 140 valence electrons. The molecule has 2 unspecified atom stereocenters. The summed E-state index contributed by atoms with van der Waals surface area (Å²) >= 11 is 0. The van der Waals surface area contributed by atoms with E-state index in [4.69, 9.17) is 0 Å². The summed E-state index contributed by atoms with van der Waals surface area (Å²) in [6.45, 7) is 0.360. The molecule has 2 atom stereocenters. The fourth-order valence-corrected chi connectivity index (χ4v) is 3.74. The van der Waals surface area contributed by atoms with Gasteiger partial charge in [0.1, 0.15) is 17.6 Å². The Morgan fingerprint density at radius 1 is 1.22 bits per heavy atom. The van der Waals surface area contributed by atoms with Crippen molar-refractivity contribution in [1.82, 2.24) is 14.8 Å². The normalized spacial score (nSPS) is 22.1. The van der Waals surface area contributed by atoms with E-state index in [9.17, 15) is 18.8 Å². The van der Waals surface area contributed by atoms with Crippen LogP contribution in [-0.4, -0.2) is 45.9 Å². The van der Waals surface area contributed by atoms with Crippen molar-refractivity contribution < 1.29 is 18.8 Å². The average molecular weight is 370 g/mol. The number of benzene rings is 1. The number of nitrogens with one attached hydrogen (secondary N) is 1. The lowest BCUT2D eigenvalue weighted by Crippen LogP contribution is -2.50. The van der Waals surface area contributed by atoms with Crippen LogP contribution in [0.1, 0.15) is 23.3 Å². The lowest BCUT2D eigenvalue weighted by Gasteiger charge is -2.32. The van der Waals surface area contributed by atoms with Crippen LogP contribution in [0.3, 0.4) is 0 Å². The first-order valence-electron chi connectivity index (χ1n) is 8.78. The molecule has 2 aliphatic heterocycles. The maximum atomic E-state index is 13.5. The van der Waals surface area contributed by atoms with Gasteiger partial charge in [0.25, 0.3) is 11.8 Å². The molecule has 4 rings (SSSR count). The minimum Gasteiger partial charge on any atom is -0.348 e. The van der Waals surface area contributed by atoms with Crippen molar-refractivity contribution in [3.63, 3.8) is 0 Å². The second-order valence-corrected chi connectivity index (χ2v) is 6.84. The van der Waals surface area contributed by atoms with Crippen LogP contribution in [-0.2, 0) is 11.8 Å². The molecule has 0 radical (unpaired) electrons. The van der Waals surface area contributed by atoms with Crippen LogP contribution in [0.25, 0.3) is 0 Å². The van der Waals surface area contributed by atoms with E-state index >= 15 is 0 Å². The van der Waals surface area contributed by atoms with Gasteiger partial charge < -0.3 is 14.8 Å². The second-order valence-electron chi connectivity index (χ2n) is 6.84. The Bertz CT molecular complexity index is 925. The van der Waals surface area contributed by atoms with Gasteiger partial charge in [0, 0.05) is 25.8 Å². The third-order valence-corrected chi connectivity index (χ3v) is 5.12. The average Bonchev–Trinajstić information content (AvgIpc) is 3.17. The molecule has 2 saturated heterocycles. The third kappa shape index (κ3) is 2.97. The number of hydrogen-bond donors (Lipinski definition) is 1. The van der Waals surface area contributed by atoms with Crippen molar-refractivity contribution in [2.24, 2.45) is 7.05 Å². The minimum atomic E-state index is -0.645. The highest BCUT2D eigenvalue weighted by Crippen LogP contribution is 2.31. The lowest BCUT2D eigenvalue weighted by atomic mass is 9.98. The maximum Gasteiger partial charge on any atom is 0.332 e. The fraction of sp³-hybridized carbons (Fsp3) is 0.316. The number of carbonyl (C=O) groups is 3. The molecule has 7 nitrogen and oxygen atoms in total. The molecule has 2 aromatic rings. The van der Waals surface area contributed by atoms with Gasteiger partial charge in [-0.25, -0.2) is 14.1 Å². The Morgan fingerprint density at radius 2 is 2.04 bits per heavy atom. The molecule has 1 aromatic carbocycles. The quantitative estimate of drug-likeness (QED) is 0.839. The Kier molecular flexibility index (Phi) is 4.18. The van der Waals surface area contributed by atoms with E-state index in [1.165, 1.54) is 29.2 Å². The largest absolute Gasteiger partial charge is 0.348 e. The number of carbonyl (C=O) groups excluding carboxylic acids is 3. The van der Waals surface area contributed by atoms with Crippen molar-refractivity contribution in [1.29, 1.82) is 0 Å². The van der Waals surface area contributed by atoms with Gasteiger partial charge in [-0.3, -0.25) is 9.59 Å². The summed E-state index contributed by atoms with van der Waals surface area (Å²) in [5.74, 6) is -1.10. The van der Waals surface area contributed by atoms with Crippen molar-refractivity contribution in [2.45, 2.75) is 24.9 Å². The predicted molar refractivity (Wildman–Crippen MR) is 95.7 cm³/mol. The summed E-state index contributed by atoms with van der Waals surface area (Å²) in [6.07, 6.45) is 2.68. The number of nitrogens with zero attached hydrogens (tertiary/aromatic N) is 3. The van der Waals surface area contributed by atoms with E-state index in [2.05, 4.69) is 5.32 Å². The molecular weight excluding hydrogens is 351 g/mol. The number of imide groups is 1. The van der Waals surface area contributed by atoms with Crippen LogP contribution in [0.2, 0.25) is 0 Å². The Morgan fingerprint density at radius 3 is 2.74 bits per heavy atom. The van der Waals surface area contributed by atoms with Crippen LogP contribution in [0.4, 0.5) is 14.9 Å². The van der Waals surface area contributed by atoms with Gasteiger partial charge in [-0.05, 0) is 43.2 Å². The molecular formula is C19H19FN4O3. The topological polar surface area (TPSA) is 74.7 Å². The Labute approximate surface area is 155 Å². The molecule has 3 heterocycles. The first-order valence-corrected chi connectivity index (χ1v) is 8.78. The molecule has 0 aliphatic carbocycles. The van der Waals surface area contributed by atoms with Gasteiger partial charge in [-0.2, -0.15) is 0 Å². The SMILES string of the molecule is Cn1cccc1C(=O)NC1CCN2C(=O)N(c3cccc(F)c3)C(=O)C2C1. The molecule has 0 saturated carbocycles. The summed E-state index contributed by atoms with van der Waals surface area (Å²) in [5, 5.41) is 2.95. The molecule has 27 heavy (non-hydrogen) atoms. The number of aromatic nitrogens is 1. The first kappa shape index (κ1) is 17.3. The maximum absolute atomic E-state index is 13.5. The number of fused-ring (bicyclic) bond motifs is 1. The molecule has 2 aliphatic rings. The molecule has 0 spiro atoms. The van der Waals surface area contributed by atoms with Crippen LogP contribution >= 0.6 is 0 Å². The first-order chi connectivity index (χ1) is 13.0. The van der Waals surface area contributed by atoms with Crippen molar-refractivity contribution in [2.75, 3.05) is 11.4 Å². The van der Waals surface area contributed by atoms with Gasteiger partial charge >= 0.3 is 6.03 Å². The number of aryl methyl sites for hydroxylation is 1. The number of hydrogen-bond acceptors (Lipinski definition) is 3. The van der Waals surface area contributed by atoms with Gasteiger partial charge in [0.05, 0.1) is 5.69 Å². The zero-order valence-electron chi connectivity index (χ0n) is 14.8. The van der Waals surface area contributed by atoms with E-state index in [0.717, 1.165) is 4.90 Å². The van der Waals surface area contributed by atoms with Gasteiger partial charge in [-0.1, -0.05) is 6.07 Å². The van der Waals surface area contributed by atoms with Crippen LogP contribution in [0.15, 0.2) is 42.6 Å². The predicted octanol–water partition coefficient (Wildman–Crippen LogP) is 1.89. The standard InChI is InChI=1S/C19H19FN4O3/c1-22-8-3-6-15(22)17(25)21-13-7-9-23-16(11-13)18(26)24(19(23)27)14-5-2-4-12(20)10-14/h2-6,8,10,13,16H,7,9,11H2,1H3,(H,21,25). The molecule has 4 amide bonds. The third-order valence-electron chi connectivity index (χ3n) is 5.12. The van der Waals surface area contributed by atoms with E-state index in [-0.39, 0.29) is 23.5 Å². The number of amides is 4. The van der Waals surface area contributed by atoms with Crippen LogP contribution in [0, 0.1) is 5.82 Å². The molecule has 1 aromatic heterocycles. The highest BCUT2D eigenvalue weighted by atomic mass is 19.1. The molecule has 0 bridgehead atoms. The van der Waals surface area contributed by atoms with E-state index < -0.39 is 17.9 Å². The summed E-state index contributed by atoms with van der Waals surface area (Å²) in [6, 6.07) is 7.64. The number of urea groups is 1. The summed E-state index contributed by atoms with van der Waals surface area (Å²) in [5.41, 5.74) is 0.761. The van der Waals surface area contributed by atoms with Crippen molar-refractivity contribution >= 4 is 23.5 Å². The van der Waals surface area contributed by atoms with Gasteiger partial charge in [-0.15, -0.1) is 0 Å².